The van der Waals surface area contributed by atoms with Crippen LogP contribution in [-0.2, 0) is 9.59 Å². The van der Waals surface area contributed by atoms with E-state index in [0.717, 1.165) is 18.5 Å². The number of aliphatic carboxylic acids is 1. The maximum Gasteiger partial charge on any atom is 0.341 e. The minimum absolute atomic E-state index is 0.221. The summed E-state index contributed by atoms with van der Waals surface area (Å²) in [6, 6.07) is 11.0. The highest BCUT2D eigenvalue weighted by molar-refractivity contribution is 14.1. The molecule has 0 aromatic heterocycles. The Bertz CT molecular complexity index is 1010. The summed E-state index contributed by atoms with van der Waals surface area (Å²) in [5.74, 6) is 0.0271. The summed E-state index contributed by atoms with van der Waals surface area (Å²) in [4.78, 5) is 28.1. The topological polar surface area (TPSA) is 97.2 Å². The number of nitrogens with zero attached hydrogens (tertiary/aromatic N) is 1. The number of hydrogen-bond donors (Lipinski definition) is 2. The van der Waals surface area contributed by atoms with Crippen molar-refractivity contribution in [3.05, 3.63) is 54.0 Å². The first-order valence-electron chi connectivity index (χ1n) is 8.71. The molecule has 1 aliphatic rings. The molecule has 1 heterocycles. The Kier molecular flexibility index (Phi) is 7.99. The van der Waals surface area contributed by atoms with Crippen LogP contribution in [0.5, 0.6) is 11.5 Å². The van der Waals surface area contributed by atoms with Gasteiger partial charge in [-0.1, -0.05) is 0 Å². The first kappa shape index (κ1) is 22.9. The minimum Gasteiger partial charge on any atom is -0.494 e. The van der Waals surface area contributed by atoms with Crippen LogP contribution in [0.25, 0.3) is 6.08 Å². The van der Waals surface area contributed by atoms with Crippen LogP contribution in [0.15, 0.2) is 46.3 Å². The number of aliphatic imine (C=N–C) groups is 1. The summed E-state index contributed by atoms with van der Waals surface area (Å²) in [5.41, 5.74) is 1.53. The molecule has 0 aliphatic carbocycles. The van der Waals surface area contributed by atoms with Crippen LogP contribution in [0.1, 0.15) is 12.5 Å². The molecule has 1 saturated heterocycles. The predicted octanol–water partition coefficient (Wildman–Crippen LogP) is 4.65. The van der Waals surface area contributed by atoms with Gasteiger partial charge in [-0.25, -0.2) is 9.79 Å². The van der Waals surface area contributed by atoms with Crippen molar-refractivity contribution in [1.82, 2.24) is 5.32 Å². The van der Waals surface area contributed by atoms with Crippen molar-refractivity contribution >= 4 is 85.8 Å². The van der Waals surface area contributed by atoms with Gasteiger partial charge in [0.25, 0.3) is 5.91 Å². The molecule has 0 radical (unpaired) electrons. The Balaban J connectivity index is 1.76. The number of thioether (sulfide) groups is 1. The molecular formula is C20H16I2N2O5S. The lowest BCUT2D eigenvalue weighted by Gasteiger charge is -2.09. The highest BCUT2D eigenvalue weighted by Gasteiger charge is 2.24. The van der Waals surface area contributed by atoms with E-state index in [0.29, 0.717) is 28.1 Å². The molecule has 2 aromatic rings. The van der Waals surface area contributed by atoms with Crippen molar-refractivity contribution in [2.45, 2.75) is 6.92 Å². The zero-order valence-electron chi connectivity index (χ0n) is 15.6. The molecule has 7 nitrogen and oxygen atoms in total. The lowest BCUT2D eigenvalue weighted by Crippen LogP contribution is -2.19. The third-order valence-electron chi connectivity index (χ3n) is 3.69. The van der Waals surface area contributed by atoms with Crippen LogP contribution in [-0.4, -0.2) is 35.4 Å². The number of nitrogens with one attached hydrogen (secondary N) is 1. The second-order valence-corrected chi connectivity index (χ2v) is 9.26. The average Bonchev–Trinajstić information content (AvgIpc) is 3.01. The lowest BCUT2D eigenvalue weighted by molar-refractivity contribution is -0.139. The first-order chi connectivity index (χ1) is 14.4. The second-order valence-electron chi connectivity index (χ2n) is 5.90. The fourth-order valence-corrected chi connectivity index (χ4v) is 5.44. The molecule has 10 heteroatoms. The fraction of sp³-hybridized carbons (Fsp3) is 0.150. The van der Waals surface area contributed by atoms with Gasteiger partial charge in [0.2, 0.25) is 0 Å². The number of carbonyl (C=O) groups excluding carboxylic acids is 1. The number of carboxylic acids is 1. The molecule has 30 heavy (non-hydrogen) atoms. The van der Waals surface area contributed by atoms with E-state index in [-0.39, 0.29) is 5.91 Å². The van der Waals surface area contributed by atoms with E-state index in [1.165, 1.54) is 11.8 Å². The van der Waals surface area contributed by atoms with Crippen molar-refractivity contribution in [2.24, 2.45) is 4.99 Å². The quantitative estimate of drug-likeness (QED) is 0.335. The fourth-order valence-electron chi connectivity index (χ4n) is 2.47. The normalized spacial score (nSPS) is 16.0. The van der Waals surface area contributed by atoms with Crippen LogP contribution < -0.4 is 14.8 Å². The molecule has 0 atom stereocenters. The third kappa shape index (κ3) is 6.11. The molecular weight excluding hydrogens is 634 g/mol. The minimum atomic E-state index is -1.04. The highest BCUT2D eigenvalue weighted by Crippen LogP contribution is 2.33. The zero-order chi connectivity index (χ0) is 21.7. The Morgan fingerprint density at radius 2 is 1.87 bits per heavy atom. The Labute approximate surface area is 204 Å². The maximum absolute atomic E-state index is 12.3. The van der Waals surface area contributed by atoms with Gasteiger partial charge < -0.3 is 19.9 Å². The lowest BCUT2D eigenvalue weighted by atomic mass is 10.2. The monoisotopic (exact) mass is 650 g/mol. The average molecular weight is 650 g/mol. The summed E-state index contributed by atoms with van der Waals surface area (Å²) >= 11 is 5.43. The molecule has 1 aliphatic heterocycles. The number of amides is 1. The molecule has 2 aromatic carbocycles. The van der Waals surface area contributed by atoms with Crippen LogP contribution >= 0.6 is 56.9 Å². The van der Waals surface area contributed by atoms with E-state index >= 15 is 0 Å². The van der Waals surface area contributed by atoms with Crippen LogP contribution in [0.2, 0.25) is 0 Å². The number of rotatable bonds is 7. The number of carboxylic acid groups (broad SMARTS) is 1. The van der Waals surface area contributed by atoms with Gasteiger partial charge in [0.05, 0.1) is 24.3 Å². The van der Waals surface area contributed by atoms with Crippen LogP contribution in [0.3, 0.4) is 0 Å². The molecule has 156 valence electrons. The molecule has 0 unspecified atom stereocenters. The van der Waals surface area contributed by atoms with Crippen molar-refractivity contribution in [3.63, 3.8) is 0 Å². The van der Waals surface area contributed by atoms with E-state index in [2.05, 4.69) is 55.5 Å². The molecule has 0 bridgehead atoms. The molecule has 1 fully saturated rings. The van der Waals surface area contributed by atoms with E-state index in [4.69, 9.17) is 14.6 Å². The van der Waals surface area contributed by atoms with Gasteiger partial charge >= 0.3 is 5.97 Å². The van der Waals surface area contributed by atoms with Crippen LogP contribution in [0.4, 0.5) is 5.69 Å². The first-order valence-corrected chi connectivity index (χ1v) is 11.7. The zero-order valence-corrected chi connectivity index (χ0v) is 20.8. The predicted molar refractivity (Wildman–Crippen MR) is 133 cm³/mol. The van der Waals surface area contributed by atoms with E-state index in [1.807, 2.05) is 43.3 Å². The van der Waals surface area contributed by atoms with E-state index in [1.54, 1.807) is 6.08 Å². The summed E-state index contributed by atoms with van der Waals surface area (Å²) in [6.45, 7) is 2.11. The highest BCUT2D eigenvalue weighted by atomic mass is 127. The van der Waals surface area contributed by atoms with E-state index < -0.39 is 12.6 Å². The molecule has 0 saturated carbocycles. The van der Waals surface area contributed by atoms with Gasteiger partial charge in [-0.3, -0.25) is 4.79 Å². The smallest absolute Gasteiger partial charge is 0.341 e. The number of benzene rings is 2. The van der Waals surface area contributed by atoms with Crippen LogP contribution in [0, 0.1) is 7.14 Å². The second kappa shape index (κ2) is 10.5. The Hall–Kier alpha value is -1.80. The van der Waals surface area contributed by atoms with Crippen molar-refractivity contribution < 1.29 is 24.2 Å². The number of ether oxygens (including phenoxy) is 2. The standard InChI is InChI=1S/C20H16I2N2O5S/c1-2-28-13-5-3-12(4-6-13)23-20-24-19(27)16(30-20)9-11-7-14(21)18(15(22)8-11)29-10-17(25)26/h3-9H,2,10H2,1H3,(H,25,26)(H,23,24,27)/b16-9-. The number of hydrogen-bond acceptors (Lipinski definition) is 6. The maximum atomic E-state index is 12.3. The third-order valence-corrected chi connectivity index (χ3v) is 6.20. The van der Waals surface area contributed by atoms with E-state index in [9.17, 15) is 9.59 Å². The molecule has 0 spiro atoms. The Morgan fingerprint density at radius 1 is 1.20 bits per heavy atom. The van der Waals surface area contributed by atoms with Gasteiger partial charge in [-0.15, -0.1) is 0 Å². The Morgan fingerprint density at radius 3 is 2.47 bits per heavy atom. The largest absolute Gasteiger partial charge is 0.494 e. The molecule has 1 amide bonds. The van der Waals surface area contributed by atoms with Gasteiger partial charge in [0.15, 0.2) is 11.8 Å². The number of halogens is 2. The van der Waals surface area contributed by atoms with Crippen molar-refractivity contribution in [1.29, 1.82) is 0 Å². The summed E-state index contributed by atoms with van der Waals surface area (Å²) in [6.07, 6.45) is 1.77. The number of amidine groups is 1. The van der Waals surface area contributed by atoms with Crippen molar-refractivity contribution in [2.75, 3.05) is 13.2 Å². The summed E-state index contributed by atoms with van der Waals surface area (Å²) < 4.78 is 12.3. The van der Waals surface area contributed by atoms with Gasteiger partial charge in [0.1, 0.15) is 11.5 Å². The summed E-state index contributed by atoms with van der Waals surface area (Å²) in [7, 11) is 0. The molecule has 3 rings (SSSR count). The number of carbonyl (C=O) groups is 2. The van der Waals surface area contributed by atoms with Crippen molar-refractivity contribution in [3.8, 4) is 11.5 Å². The van der Waals surface area contributed by atoms with Gasteiger partial charge in [-0.2, -0.15) is 0 Å². The van der Waals surface area contributed by atoms with Gasteiger partial charge in [-0.05, 0) is 112 Å². The SMILES string of the molecule is CCOc1ccc(N=C2NC(=O)/C(=C/c3cc(I)c(OCC(=O)O)c(I)c3)S2)cc1. The molecule has 2 N–H and O–H groups in total. The van der Waals surface area contributed by atoms with Gasteiger partial charge in [0, 0.05) is 0 Å². The summed E-state index contributed by atoms with van der Waals surface area (Å²) in [5, 5.41) is 12.1.